The van der Waals surface area contributed by atoms with Gasteiger partial charge in [0.05, 0.1) is 78.7 Å². The van der Waals surface area contributed by atoms with Crippen LogP contribution >= 0.6 is 0 Å². The van der Waals surface area contributed by atoms with Gasteiger partial charge in [0.1, 0.15) is 0 Å². The van der Waals surface area contributed by atoms with Gasteiger partial charge in [0.25, 0.3) is 0 Å². The number of nitrogens with zero attached hydrogens (tertiary/aromatic N) is 4. The highest BCUT2D eigenvalue weighted by atomic mass is 19.4. The molecule has 0 spiro atoms. The molecular formula is C64H34F12N4. The van der Waals surface area contributed by atoms with Gasteiger partial charge < -0.3 is 9.13 Å². The molecule has 3 heterocycles. The molecule has 0 N–H and O–H groups in total. The van der Waals surface area contributed by atoms with E-state index in [1.807, 2.05) is 72.8 Å². The quantitative estimate of drug-likeness (QED) is 0.149. The number of hydrogen-bond donors (Lipinski definition) is 0. The van der Waals surface area contributed by atoms with Gasteiger partial charge in [0.15, 0.2) is 0 Å². The molecule has 0 aliphatic rings. The first-order valence-electron chi connectivity index (χ1n) is 24.5. The smallest absolute Gasteiger partial charge is 0.307 e. The SMILES string of the molecule is N#Cc1cc(-n2c3ccccc3c3ccc(-c4ccc(C(F)(F)F)cc4C(F)(F)F)cc32)c(-n2c3ccccc3c3ccc(-c4ccc(C(F)(F)F)cc4C(F)(F)F)cc32)cc1-c1cc(-c2ccccc2)nc(-c2ccccc2)c1. The van der Waals surface area contributed by atoms with Crippen LogP contribution < -0.4 is 0 Å². The van der Waals surface area contributed by atoms with Gasteiger partial charge in [0.2, 0.25) is 0 Å². The van der Waals surface area contributed by atoms with E-state index < -0.39 is 58.1 Å². The van der Waals surface area contributed by atoms with Crippen LogP contribution in [0.3, 0.4) is 0 Å². The van der Waals surface area contributed by atoms with Crippen LogP contribution in [0, 0.1) is 11.3 Å². The molecule has 4 nitrogen and oxygen atoms in total. The maximum absolute atomic E-state index is 14.9. The lowest BCUT2D eigenvalue weighted by molar-refractivity contribution is -0.144. The Kier molecular flexibility index (Phi) is 12.0. The van der Waals surface area contributed by atoms with Gasteiger partial charge in [-0.2, -0.15) is 57.9 Å². The minimum absolute atomic E-state index is 0.0650. The summed E-state index contributed by atoms with van der Waals surface area (Å²) >= 11 is 0. The van der Waals surface area contributed by atoms with E-state index in [0.717, 1.165) is 23.3 Å². The predicted octanol–water partition coefficient (Wildman–Crippen LogP) is 19.6. The maximum Gasteiger partial charge on any atom is 0.417 e. The van der Waals surface area contributed by atoms with Crippen molar-refractivity contribution < 1.29 is 52.7 Å². The van der Waals surface area contributed by atoms with Gasteiger partial charge in [0, 0.05) is 38.2 Å². The molecule has 0 radical (unpaired) electrons. The Labute approximate surface area is 446 Å². The van der Waals surface area contributed by atoms with Crippen molar-refractivity contribution in [1.82, 2.24) is 14.1 Å². The van der Waals surface area contributed by atoms with E-state index in [0.29, 0.717) is 67.2 Å². The topological polar surface area (TPSA) is 46.5 Å². The average molecular weight is 1090 g/mol. The molecule has 16 heteroatoms. The van der Waals surface area contributed by atoms with Crippen molar-refractivity contribution in [3.63, 3.8) is 0 Å². The number of aromatic nitrogens is 3. The molecule has 9 aromatic carbocycles. The third kappa shape index (κ3) is 8.94. The molecule has 80 heavy (non-hydrogen) atoms. The number of nitriles is 1. The Morgan fingerprint density at radius 1 is 0.325 bits per heavy atom. The van der Waals surface area contributed by atoms with Crippen LogP contribution in [0.5, 0.6) is 0 Å². The van der Waals surface area contributed by atoms with Crippen molar-refractivity contribution in [2.45, 2.75) is 24.7 Å². The monoisotopic (exact) mass is 1090 g/mol. The molecule has 12 rings (SSSR count). The van der Waals surface area contributed by atoms with E-state index in [1.165, 1.54) is 24.3 Å². The van der Waals surface area contributed by atoms with Gasteiger partial charge >= 0.3 is 24.7 Å². The summed E-state index contributed by atoms with van der Waals surface area (Å²) in [5.74, 6) is 0. The van der Waals surface area contributed by atoms with Gasteiger partial charge in [-0.3, -0.25) is 0 Å². The van der Waals surface area contributed by atoms with E-state index in [4.69, 9.17) is 4.98 Å². The Hall–Kier alpha value is -9.62. The van der Waals surface area contributed by atoms with Crippen LogP contribution in [0.2, 0.25) is 0 Å². The normalized spacial score (nSPS) is 12.5. The van der Waals surface area contributed by atoms with Gasteiger partial charge in [-0.25, -0.2) is 4.98 Å². The number of benzene rings is 9. The molecule has 0 bridgehead atoms. The first kappa shape index (κ1) is 51.2. The van der Waals surface area contributed by atoms with E-state index in [-0.39, 0.29) is 51.2 Å². The van der Waals surface area contributed by atoms with E-state index in [9.17, 15) is 57.9 Å². The van der Waals surface area contributed by atoms with Crippen molar-refractivity contribution >= 4 is 43.6 Å². The minimum Gasteiger partial charge on any atom is -0.307 e. The molecule has 0 saturated heterocycles. The number of alkyl halides is 12. The molecule has 0 unspecified atom stereocenters. The van der Waals surface area contributed by atoms with Gasteiger partial charge in [-0.15, -0.1) is 0 Å². The van der Waals surface area contributed by atoms with Gasteiger partial charge in [-0.05, 0) is 101 Å². The molecule has 3 aromatic heterocycles. The van der Waals surface area contributed by atoms with Crippen LogP contribution in [-0.4, -0.2) is 14.1 Å². The van der Waals surface area contributed by atoms with Crippen LogP contribution in [0.25, 0.3) is 111 Å². The highest BCUT2D eigenvalue weighted by molar-refractivity contribution is 6.13. The maximum atomic E-state index is 14.9. The third-order valence-corrected chi connectivity index (χ3v) is 14.3. The molecule has 0 atom stereocenters. The van der Waals surface area contributed by atoms with Crippen molar-refractivity contribution in [2.24, 2.45) is 0 Å². The summed E-state index contributed by atoms with van der Waals surface area (Å²) in [5, 5.41) is 13.5. The summed E-state index contributed by atoms with van der Waals surface area (Å²) in [7, 11) is 0. The number of fused-ring (bicyclic) bond motifs is 6. The van der Waals surface area contributed by atoms with Crippen LogP contribution in [0.1, 0.15) is 27.8 Å². The summed E-state index contributed by atoms with van der Waals surface area (Å²) in [6, 6.07) is 53.5. The van der Waals surface area contributed by atoms with E-state index in [2.05, 4.69) is 6.07 Å². The van der Waals surface area contributed by atoms with Crippen LogP contribution in [-0.2, 0) is 24.7 Å². The fraction of sp³-hybridized carbons (Fsp3) is 0.0625. The largest absolute Gasteiger partial charge is 0.417 e. The number of pyridine rings is 1. The zero-order valence-corrected chi connectivity index (χ0v) is 41.0. The zero-order valence-electron chi connectivity index (χ0n) is 41.0. The zero-order chi connectivity index (χ0) is 56.0. The van der Waals surface area contributed by atoms with Crippen molar-refractivity contribution in [3.8, 4) is 73.3 Å². The molecule has 0 saturated carbocycles. The van der Waals surface area contributed by atoms with Crippen molar-refractivity contribution in [1.29, 1.82) is 5.26 Å². The Morgan fingerprint density at radius 3 is 1.14 bits per heavy atom. The van der Waals surface area contributed by atoms with E-state index >= 15 is 0 Å². The molecular weight excluding hydrogens is 1050 g/mol. The van der Waals surface area contributed by atoms with Crippen LogP contribution in [0.4, 0.5) is 52.7 Å². The average Bonchev–Trinajstić information content (AvgIpc) is 4.08. The fourth-order valence-corrected chi connectivity index (χ4v) is 10.7. The summed E-state index contributed by atoms with van der Waals surface area (Å²) in [4.78, 5) is 5.03. The Morgan fingerprint density at radius 2 is 0.725 bits per heavy atom. The second kappa shape index (κ2) is 18.8. The Balaban J connectivity index is 1.21. The van der Waals surface area contributed by atoms with Crippen molar-refractivity contribution in [3.05, 3.63) is 234 Å². The second-order valence-electron chi connectivity index (χ2n) is 19.0. The number of para-hydroxylation sites is 2. The van der Waals surface area contributed by atoms with Crippen molar-refractivity contribution in [2.75, 3.05) is 0 Å². The first-order chi connectivity index (χ1) is 38.2. The standard InChI is InChI=1S/C64H34F12N4/c65-61(66,67)42-21-25-44(51(32-42)63(71,72)73)38-19-23-48-46-15-7-9-17-55(46)79(57(48)29-38)59-31-41(35-77)50(40-27-53(36-11-3-1-4-12-36)78-54(28-40)37-13-5-2-6-14-37)34-60(59)80-56-18-10-8-16-47(56)49-24-20-39(30-58(49)80)45-26-22-43(62(68,69)70)33-52(45)64(74,75)76/h1-34H. The van der Waals surface area contributed by atoms with Gasteiger partial charge in [-0.1, -0.05) is 133 Å². The number of hydrogen-bond acceptors (Lipinski definition) is 2. The number of rotatable bonds is 7. The second-order valence-corrected chi connectivity index (χ2v) is 19.0. The lowest BCUT2D eigenvalue weighted by Gasteiger charge is -2.21. The summed E-state index contributed by atoms with van der Waals surface area (Å²) in [5.41, 5.74) is -1.81. The molecule has 0 aliphatic heterocycles. The highest BCUT2D eigenvalue weighted by Gasteiger charge is 2.40. The first-order valence-corrected chi connectivity index (χ1v) is 24.5. The predicted molar refractivity (Wildman–Crippen MR) is 285 cm³/mol. The minimum atomic E-state index is -5.23. The molecule has 12 aromatic rings. The molecule has 0 fully saturated rings. The highest BCUT2D eigenvalue weighted by Crippen LogP contribution is 2.47. The van der Waals surface area contributed by atoms with Crippen LogP contribution in [0.15, 0.2) is 206 Å². The molecule has 0 amide bonds. The lowest BCUT2D eigenvalue weighted by atomic mass is 9.95. The lowest BCUT2D eigenvalue weighted by Crippen LogP contribution is -2.12. The molecule has 394 valence electrons. The summed E-state index contributed by atoms with van der Waals surface area (Å²) < 4.78 is 177. The number of halogens is 12. The summed E-state index contributed by atoms with van der Waals surface area (Å²) in [6.45, 7) is 0. The summed E-state index contributed by atoms with van der Waals surface area (Å²) in [6.07, 6.45) is -20.6. The molecule has 0 aliphatic carbocycles. The third-order valence-electron chi connectivity index (χ3n) is 14.3. The fourth-order valence-electron chi connectivity index (χ4n) is 10.7. The Bertz CT molecular complexity index is 4420. The van der Waals surface area contributed by atoms with E-state index in [1.54, 1.807) is 81.9 Å².